The summed E-state index contributed by atoms with van der Waals surface area (Å²) in [6.07, 6.45) is 5.47. The van der Waals surface area contributed by atoms with Gasteiger partial charge in [-0.05, 0) is 52.6 Å². The molecule has 0 bridgehead atoms. The zero-order valence-corrected chi connectivity index (χ0v) is 17.3. The van der Waals surface area contributed by atoms with Crippen molar-refractivity contribution >= 4 is 5.91 Å². The average Bonchev–Trinajstić information content (AvgIpc) is 3.32. The molecule has 2 aromatic rings. The summed E-state index contributed by atoms with van der Waals surface area (Å²) in [6, 6.07) is 0.336. The number of rotatable bonds is 4. The second kappa shape index (κ2) is 7.62. The van der Waals surface area contributed by atoms with Crippen LogP contribution in [0.1, 0.15) is 72.3 Å². The van der Waals surface area contributed by atoms with Gasteiger partial charge in [0.15, 0.2) is 0 Å². The van der Waals surface area contributed by atoms with Crippen LogP contribution in [0.25, 0.3) is 0 Å². The van der Waals surface area contributed by atoms with Gasteiger partial charge in [0, 0.05) is 43.4 Å². The Morgan fingerprint density at radius 2 is 2.18 bits per heavy atom. The van der Waals surface area contributed by atoms with E-state index in [4.69, 9.17) is 4.98 Å². The molecule has 0 saturated carbocycles. The minimum absolute atomic E-state index is 0.0494. The molecule has 2 aliphatic heterocycles. The third-order valence-electron chi connectivity index (χ3n) is 6.25. The van der Waals surface area contributed by atoms with Crippen molar-refractivity contribution in [1.29, 1.82) is 0 Å². The molecule has 2 aliphatic rings. The topological polar surface area (TPSA) is 75.9 Å². The summed E-state index contributed by atoms with van der Waals surface area (Å²) in [5, 5.41) is 8.07. The minimum Gasteiger partial charge on any atom is -0.338 e. The maximum Gasteiger partial charge on any atom is 0.225 e. The number of hydrogen-bond donors (Lipinski definition) is 1. The van der Waals surface area contributed by atoms with Crippen molar-refractivity contribution in [1.82, 2.24) is 30.0 Å². The normalized spacial score (nSPS) is 20.3. The molecule has 1 fully saturated rings. The van der Waals surface area contributed by atoms with Gasteiger partial charge in [0.1, 0.15) is 5.82 Å². The predicted octanol–water partition coefficient (Wildman–Crippen LogP) is 2.56. The van der Waals surface area contributed by atoms with Gasteiger partial charge < -0.3 is 10.2 Å². The molecule has 0 radical (unpaired) electrons. The number of amides is 1. The highest BCUT2D eigenvalue weighted by Crippen LogP contribution is 2.25. The lowest BCUT2D eigenvalue weighted by Gasteiger charge is -2.29. The van der Waals surface area contributed by atoms with Gasteiger partial charge in [0.05, 0.1) is 23.5 Å². The number of carbonyl (C=O) groups is 1. The summed E-state index contributed by atoms with van der Waals surface area (Å²) in [7, 11) is 0. The van der Waals surface area contributed by atoms with Crippen molar-refractivity contribution in [3.05, 3.63) is 40.2 Å². The van der Waals surface area contributed by atoms with Gasteiger partial charge in [-0.25, -0.2) is 9.97 Å². The Morgan fingerprint density at radius 1 is 1.36 bits per heavy atom. The highest BCUT2D eigenvalue weighted by atomic mass is 16.2. The molecular weight excluding hydrogens is 352 g/mol. The molecule has 2 atom stereocenters. The van der Waals surface area contributed by atoms with E-state index in [0.29, 0.717) is 13.0 Å². The van der Waals surface area contributed by atoms with E-state index in [-0.39, 0.29) is 18.0 Å². The van der Waals surface area contributed by atoms with Crippen molar-refractivity contribution in [2.24, 2.45) is 0 Å². The first-order valence-electron chi connectivity index (χ1n) is 10.3. The van der Waals surface area contributed by atoms with E-state index in [0.717, 1.165) is 54.4 Å². The summed E-state index contributed by atoms with van der Waals surface area (Å²) in [6.45, 7) is 10.6. The van der Waals surface area contributed by atoms with Crippen LogP contribution in [-0.2, 0) is 17.8 Å². The summed E-state index contributed by atoms with van der Waals surface area (Å²) in [5.74, 6) is 1.08. The van der Waals surface area contributed by atoms with E-state index in [1.165, 1.54) is 12.0 Å². The Hall–Kier alpha value is -2.28. The monoisotopic (exact) mass is 382 g/mol. The molecule has 4 rings (SSSR count). The Kier molecular flexibility index (Phi) is 5.19. The second-order valence-corrected chi connectivity index (χ2v) is 8.21. The molecule has 7 nitrogen and oxygen atoms in total. The van der Waals surface area contributed by atoms with Crippen molar-refractivity contribution in [2.45, 2.75) is 72.0 Å². The lowest BCUT2D eigenvalue weighted by molar-refractivity contribution is -0.133. The van der Waals surface area contributed by atoms with Crippen molar-refractivity contribution < 1.29 is 4.79 Å². The quantitative estimate of drug-likeness (QED) is 0.879. The second-order valence-electron chi connectivity index (χ2n) is 8.21. The standard InChI is InChI=1S/C21H30N6O/c1-13(27-16(4)14(2)15(3)25-27)10-20(28)26-9-7-18-17(12-26)11-23-21(24-18)19-6-5-8-22-19/h11,13,19,22H,5-10,12H2,1-4H3/t13-,19-/m0/s1. The smallest absolute Gasteiger partial charge is 0.225 e. The van der Waals surface area contributed by atoms with Gasteiger partial charge in [-0.1, -0.05) is 0 Å². The van der Waals surface area contributed by atoms with Crippen molar-refractivity contribution in [2.75, 3.05) is 13.1 Å². The van der Waals surface area contributed by atoms with E-state index in [2.05, 4.69) is 36.2 Å². The number of hydrogen-bond acceptors (Lipinski definition) is 5. The van der Waals surface area contributed by atoms with Crippen LogP contribution < -0.4 is 5.32 Å². The van der Waals surface area contributed by atoms with Crippen LogP contribution >= 0.6 is 0 Å². The van der Waals surface area contributed by atoms with Gasteiger partial charge in [0.2, 0.25) is 5.91 Å². The van der Waals surface area contributed by atoms with E-state index >= 15 is 0 Å². The number of fused-ring (bicyclic) bond motifs is 1. The predicted molar refractivity (Wildman–Crippen MR) is 107 cm³/mol. The summed E-state index contributed by atoms with van der Waals surface area (Å²) in [5.41, 5.74) is 5.56. The Balaban J connectivity index is 1.42. The zero-order chi connectivity index (χ0) is 19.8. The molecular formula is C21H30N6O. The lowest BCUT2D eigenvalue weighted by Crippen LogP contribution is -2.37. The van der Waals surface area contributed by atoms with E-state index in [1.807, 2.05) is 22.7 Å². The molecule has 1 N–H and O–H groups in total. The Morgan fingerprint density at radius 3 is 2.86 bits per heavy atom. The van der Waals surface area contributed by atoms with Gasteiger partial charge in [-0.15, -0.1) is 0 Å². The zero-order valence-electron chi connectivity index (χ0n) is 17.3. The molecule has 2 aromatic heterocycles. The molecule has 150 valence electrons. The SMILES string of the molecule is Cc1nn([C@@H](C)CC(=O)N2CCc3nc([C@@H]4CCCN4)ncc3C2)c(C)c1C. The number of aromatic nitrogens is 4. The van der Waals surface area contributed by atoms with E-state index < -0.39 is 0 Å². The fraction of sp³-hybridized carbons (Fsp3) is 0.619. The Bertz CT molecular complexity index is 883. The molecule has 1 saturated heterocycles. The maximum absolute atomic E-state index is 12.9. The highest BCUT2D eigenvalue weighted by molar-refractivity contribution is 5.77. The van der Waals surface area contributed by atoms with Crippen LogP contribution in [0.3, 0.4) is 0 Å². The van der Waals surface area contributed by atoms with Gasteiger partial charge in [0.25, 0.3) is 0 Å². The third-order valence-corrected chi connectivity index (χ3v) is 6.25. The lowest BCUT2D eigenvalue weighted by atomic mass is 10.1. The molecule has 1 amide bonds. The molecule has 28 heavy (non-hydrogen) atoms. The molecule has 0 unspecified atom stereocenters. The number of nitrogens with zero attached hydrogens (tertiary/aromatic N) is 5. The first-order chi connectivity index (χ1) is 13.4. The Labute approximate surface area is 166 Å². The van der Waals surface area contributed by atoms with E-state index in [1.54, 1.807) is 0 Å². The summed E-state index contributed by atoms with van der Waals surface area (Å²) < 4.78 is 1.99. The van der Waals surface area contributed by atoms with Crippen LogP contribution in [0, 0.1) is 20.8 Å². The molecule has 0 spiro atoms. The van der Waals surface area contributed by atoms with Crippen LogP contribution in [0.15, 0.2) is 6.20 Å². The molecule has 4 heterocycles. The fourth-order valence-electron chi connectivity index (χ4n) is 4.26. The summed E-state index contributed by atoms with van der Waals surface area (Å²) >= 11 is 0. The van der Waals surface area contributed by atoms with Crippen LogP contribution in [0.4, 0.5) is 0 Å². The average molecular weight is 383 g/mol. The van der Waals surface area contributed by atoms with Gasteiger partial charge in [-0.2, -0.15) is 5.10 Å². The molecule has 7 heteroatoms. The first kappa shape index (κ1) is 19.1. The van der Waals surface area contributed by atoms with Crippen molar-refractivity contribution in [3.8, 4) is 0 Å². The first-order valence-corrected chi connectivity index (χ1v) is 10.3. The fourth-order valence-corrected chi connectivity index (χ4v) is 4.26. The van der Waals surface area contributed by atoms with Crippen LogP contribution in [-0.4, -0.2) is 43.6 Å². The van der Waals surface area contributed by atoms with E-state index in [9.17, 15) is 4.79 Å². The maximum atomic E-state index is 12.9. The van der Waals surface area contributed by atoms with Crippen LogP contribution in [0.5, 0.6) is 0 Å². The number of nitrogens with one attached hydrogen (secondary N) is 1. The van der Waals surface area contributed by atoms with Gasteiger partial charge in [-0.3, -0.25) is 9.48 Å². The van der Waals surface area contributed by atoms with Crippen LogP contribution in [0.2, 0.25) is 0 Å². The molecule has 0 aliphatic carbocycles. The minimum atomic E-state index is 0.0494. The highest BCUT2D eigenvalue weighted by Gasteiger charge is 2.26. The largest absolute Gasteiger partial charge is 0.338 e. The number of aryl methyl sites for hydroxylation is 1. The van der Waals surface area contributed by atoms with Crippen molar-refractivity contribution in [3.63, 3.8) is 0 Å². The molecule has 0 aromatic carbocycles. The third kappa shape index (κ3) is 3.55. The summed E-state index contributed by atoms with van der Waals surface area (Å²) in [4.78, 5) is 24.2. The van der Waals surface area contributed by atoms with Gasteiger partial charge >= 0.3 is 0 Å². The number of carbonyl (C=O) groups excluding carboxylic acids is 1.